The van der Waals surface area contributed by atoms with Crippen LogP contribution in [0.3, 0.4) is 0 Å². The lowest BCUT2D eigenvalue weighted by atomic mass is 10.1. The van der Waals surface area contributed by atoms with Crippen LogP contribution in [0.1, 0.15) is 27.6 Å². The Morgan fingerprint density at radius 2 is 1.88 bits per heavy atom. The molecule has 0 radical (unpaired) electrons. The SMILES string of the molecule is Cc1nc(COc2ccc(/C=C/C(=O)c3ccc(Cl)cc3)cc2)no1. The number of aryl methyl sites for hydroxylation is 1. The summed E-state index contributed by atoms with van der Waals surface area (Å²) in [5.74, 6) is 1.60. The molecule has 25 heavy (non-hydrogen) atoms. The van der Waals surface area contributed by atoms with Crippen molar-refractivity contribution in [2.24, 2.45) is 0 Å². The highest BCUT2D eigenvalue weighted by atomic mass is 35.5. The highest BCUT2D eigenvalue weighted by Crippen LogP contribution is 2.15. The van der Waals surface area contributed by atoms with Crippen molar-refractivity contribution in [3.63, 3.8) is 0 Å². The quantitative estimate of drug-likeness (QED) is 0.481. The van der Waals surface area contributed by atoms with Crippen molar-refractivity contribution in [3.05, 3.63) is 82.5 Å². The van der Waals surface area contributed by atoms with Gasteiger partial charge in [-0.2, -0.15) is 4.98 Å². The fraction of sp³-hybridized carbons (Fsp3) is 0.105. The Bertz CT molecular complexity index is 884. The molecule has 0 aliphatic rings. The number of ether oxygens (including phenoxy) is 1. The second-order valence-electron chi connectivity index (χ2n) is 5.29. The highest BCUT2D eigenvalue weighted by Gasteiger charge is 2.04. The van der Waals surface area contributed by atoms with Crippen LogP contribution in [-0.2, 0) is 6.61 Å². The Kier molecular flexibility index (Phi) is 5.26. The van der Waals surface area contributed by atoms with Gasteiger partial charge in [-0.3, -0.25) is 4.79 Å². The minimum Gasteiger partial charge on any atom is -0.485 e. The summed E-state index contributed by atoms with van der Waals surface area (Å²) in [4.78, 5) is 16.1. The summed E-state index contributed by atoms with van der Waals surface area (Å²) in [7, 11) is 0. The van der Waals surface area contributed by atoms with Gasteiger partial charge in [0.2, 0.25) is 11.7 Å². The standard InChI is InChI=1S/C19H15ClN2O3/c1-13-21-19(22-25-13)12-24-17-9-2-14(3-10-17)4-11-18(23)15-5-7-16(20)8-6-15/h2-11H,12H2,1H3/b11-4+. The summed E-state index contributed by atoms with van der Waals surface area (Å²) in [6.45, 7) is 1.96. The highest BCUT2D eigenvalue weighted by molar-refractivity contribution is 6.30. The second kappa shape index (κ2) is 7.77. The van der Waals surface area contributed by atoms with E-state index in [2.05, 4.69) is 10.1 Å². The molecule has 0 N–H and O–H groups in total. The molecule has 0 fully saturated rings. The molecule has 5 nitrogen and oxygen atoms in total. The van der Waals surface area contributed by atoms with Crippen LogP contribution in [0.5, 0.6) is 5.75 Å². The van der Waals surface area contributed by atoms with Crippen LogP contribution in [-0.4, -0.2) is 15.9 Å². The minimum absolute atomic E-state index is 0.0792. The number of nitrogens with zero attached hydrogens (tertiary/aromatic N) is 2. The van der Waals surface area contributed by atoms with Crippen molar-refractivity contribution in [3.8, 4) is 5.75 Å². The number of hydrogen-bond acceptors (Lipinski definition) is 5. The zero-order valence-corrected chi connectivity index (χ0v) is 14.2. The maximum Gasteiger partial charge on any atom is 0.223 e. The molecular weight excluding hydrogens is 340 g/mol. The van der Waals surface area contributed by atoms with E-state index in [4.69, 9.17) is 20.9 Å². The van der Waals surface area contributed by atoms with Gasteiger partial charge in [0.05, 0.1) is 0 Å². The Hall–Kier alpha value is -2.92. The smallest absolute Gasteiger partial charge is 0.223 e. The predicted octanol–water partition coefficient (Wildman–Crippen LogP) is 4.51. The van der Waals surface area contributed by atoms with E-state index in [1.165, 1.54) is 6.08 Å². The Morgan fingerprint density at radius 1 is 1.16 bits per heavy atom. The van der Waals surface area contributed by atoms with E-state index >= 15 is 0 Å². The van der Waals surface area contributed by atoms with Crippen molar-refractivity contribution in [2.45, 2.75) is 13.5 Å². The molecular formula is C19H15ClN2O3. The number of allylic oxidation sites excluding steroid dienone is 1. The maximum atomic E-state index is 12.1. The second-order valence-corrected chi connectivity index (χ2v) is 5.73. The molecule has 0 unspecified atom stereocenters. The summed E-state index contributed by atoms with van der Waals surface area (Å²) in [6.07, 6.45) is 3.28. The zero-order valence-electron chi connectivity index (χ0n) is 13.5. The topological polar surface area (TPSA) is 65.2 Å². The summed E-state index contributed by atoms with van der Waals surface area (Å²) in [5, 5.41) is 4.37. The number of ketones is 1. The first-order chi connectivity index (χ1) is 12.1. The molecule has 2 aromatic carbocycles. The van der Waals surface area contributed by atoms with E-state index < -0.39 is 0 Å². The fourth-order valence-corrected chi connectivity index (χ4v) is 2.23. The maximum absolute atomic E-state index is 12.1. The number of rotatable bonds is 6. The minimum atomic E-state index is -0.0792. The van der Waals surface area contributed by atoms with Crippen molar-refractivity contribution in [2.75, 3.05) is 0 Å². The normalized spacial score (nSPS) is 11.0. The number of hydrogen-bond donors (Lipinski definition) is 0. The van der Waals surface area contributed by atoms with E-state index in [0.717, 1.165) is 5.56 Å². The Morgan fingerprint density at radius 3 is 2.52 bits per heavy atom. The number of carbonyl (C=O) groups is 1. The van der Waals surface area contributed by atoms with Gasteiger partial charge in [-0.25, -0.2) is 0 Å². The fourth-order valence-electron chi connectivity index (χ4n) is 2.11. The lowest BCUT2D eigenvalue weighted by molar-refractivity contribution is 0.104. The molecule has 0 bridgehead atoms. The zero-order chi connectivity index (χ0) is 17.6. The average Bonchev–Trinajstić information content (AvgIpc) is 3.05. The van der Waals surface area contributed by atoms with Crippen molar-refractivity contribution < 1.29 is 14.1 Å². The number of halogens is 1. The van der Waals surface area contributed by atoms with Crippen LogP contribution in [0.2, 0.25) is 5.02 Å². The van der Waals surface area contributed by atoms with Gasteiger partial charge in [0, 0.05) is 17.5 Å². The largest absolute Gasteiger partial charge is 0.485 e. The van der Waals surface area contributed by atoms with Crippen molar-refractivity contribution in [1.29, 1.82) is 0 Å². The van der Waals surface area contributed by atoms with Crippen LogP contribution >= 0.6 is 11.6 Å². The molecule has 0 atom stereocenters. The molecule has 126 valence electrons. The number of aromatic nitrogens is 2. The first-order valence-corrected chi connectivity index (χ1v) is 7.98. The van der Waals surface area contributed by atoms with Gasteiger partial charge in [0.25, 0.3) is 0 Å². The molecule has 0 spiro atoms. The molecule has 1 aromatic heterocycles. The first-order valence-electron chi connectivity index (χ1n) is 7.60. The third kappa shape index (κ3) is 4.78. The van der Waals surface area contributed by atoms with Gasteiger partial charge >= 0.3 is 0 Å². The number of carbonyl (C=O) groups excluding carboxylic acids is 1. The predicted molar refractivity (Wildman–Crippen MR) is 94.6 cm³/mol. The molecule has 3 aromatic rings. The molecule has 0 aliphatic heterocycles. The van der Waals surface area contributed by atoms with Gasteiger partial charge < -0.3 is 9.26 Å². The molecule has 0 saturated carbocycles. The third-order valence-corrected chi connectivity index (χ3v) is 3.63. The van der Waals surface area contributed by atoms with Crippen molar-refractivity contribution >= 4 is 23.5 Å². The lowest BCUT2D eigenvalue weighted by Gasteiger charge is -2.03. The van der Waals surface area contributed by atoms with E-state index in [9.17, 15) is 4.79 Å². The molecule has 1 heterocycles. The molecule has 0 aliphatic carbocycles. The summed E-state index contributed by atoms with van der Waals surface area (Å²) < 4.78 is 10.5. The van der Waals surface area contributed by atoms with Crippen LogP contribution < -0.4 is 4.74 Å². The molecule has 0 saturated heterocycles. The number of benzene rings is 2. The lowest BCUT2D eigenvalue weighted by Crippen LogP contribution is -1.97. The third-order valence-electron chi connectivity index (χ3n) is 3.37. The van der Waals surface area contributed by atoms with Crippen LogP contribution in [0.15, 0.2) is 59.1 Å². The monoisotopic (exact) mass is 354 g/mol. The molecule has 0 amide bonds. The molecule has 3 rings (SSSR count). The van der Waals surface area contributed by atoms with Gasteiger partial charge in [-0.1, -0.05) is 35.0 Å². The molecule has 6 heteroatoms. The van der Waals surface area contributed by atoms with Gasteiger partial charge in [-0.05, 0) is 48.0 Å². The van der Waals surface area contributed by atoms with Gasteiger partial charge in [0.1, 0.15) is 5.75 Å². The van der Waals surface area contributed by atoms with E-state index in [1.807, 2.05) is 24.3 Å². The Balaban J connectivity index is 1.58. The summed E-state index contributed by atoms with van der Waals surface area (Å²) >= 11 is 5.82. The van der Waals surface area contributed by atoms with Crippen LogP contribution in [0.4, 0.5) is 0 Å². The van der Waals surface area contributed by atoms with E-state index in [0.29, 0.717) is 28.1 Å². The van der Waals surface area contributed by atoms with Crippen LogP contribution in [0.25, 0.3) is 6.08 Å². The van der Waals surface area contributed by atoms with E-state index in [1.54, 1.807) is 37.3 Å². The van der Waals surface area contributed by atoms with Crippen molar-refractivity contribution in [1.82, 2.24) is 10.1 Å². The summed E-state index contributed by atoms with van der Waals surface area (Å²) in [5.41, 5.74) is 1.49. The summed E-state index contributed by atoms with van der Waals surface area (Å²) in [6, 6.07) is 14.2. The first kappa shape index (κ1) is 16.9. The average molecular weight is 355 g/mol. The Labute approximate surface area is 149 Å². The van der Waals surface area contributed by atoms with Gasteiger partial charge in [0.15, 0.2) is 12.4 Å². The van der Waals surface area contributed by atoms with Gasteiger partial charge in [-0.15, -0.1) is 0 Å². The van der Waals surface area contributed by atoms with Crippen LogP contribution in [0, 0.1) is 6.92 Å². The van der Waals surface area contributed by atoms with E-state index in [-0.39, 0.29) is 12.4 Å².